The van der Waals surface area contributed by atoms with Gasteiger partial charge in [0.15, 0.2) is 11.6 Å². The van der Waals surface area contributed by atoms with Gasteiger partial charge in [-0.25, -0.2) is 0 Å². The Morgan fingerprint density at radius 1 is 1.50 bits per heavy atom. The molecule has 2 aromatic rings. The van der Waals surface area contributed by atoms with Crippen LogP contribution in [-0.4, -0.2) is 12.4 Å². The second kappa shape index (κ2) is 4.37. The highest BCUT2D eigenvalue weighted by atomic mass is 16.5. The minimum atomic E-state index is -0.0569. The highest BCUT2D eigenvalue weighted by Gasteiger charge is 2.09. The summed E-state index contributed by atoms with van der Waals surface area (Å²) < 4.78 is 10.9. The Kier molecular flexibility index (Phi) is 2.92. The molecule has 16 heavy (non-hydrogen) atoms. The Balaban J connectivity index is 2.45. The van der Waals surface area contributed by atoms with Crippen molar-refractivity contribution in [3.05, 3.63) is 35.6 Å². The van der Waals surface area contributed by atoms with Gasteiger partial charge in [-0.05, 0) is 13.0 Å². The van der Waals surface area contributed by atoms with Crippen LogP contribution in [0.1, 0.15) is 18.2 Å². The van der Waals surface area contributed by atoms with Crippen molar-refractivity contribution in [2.24, 2.45) is 5.73 Å². The molecule has 0 radical (unpaired) electrons. The van der Waals surface area contributed by atoms with Gasteiger partial charge in [0.2, 0.25) is 0 Å². The van der Waals surface area contributed by atoms with E-state index >= 15 is 0 Å². The first-order valence-corrected chi connectivity index (χ1v) is 5.16. The Labute approximate surface area is 93.5 Å². The molecule has 1 aromatic heterocycles. The maximum absolute atomic E-state index is 7.33. The second-order valence-corrected chi connectivity index (χ2v) is 3.50. The number of hydrogen-bond acceptors (Lipinski definition) is 3. The largest absolute Gasteiger partial charge is 0.452 e. The van der Waals surface area contributed by atoms with Crippen LogP contribution in [0.2, 0.25) is 0 Å². The average molecular weight is 218 g/mol. The van der Waals surface area contributed by atoms with Crippen molar-refractivity contribution in [2.75, 3.05) is 6.61 Å². The van der Waals surface area contributed by atoms with Gasteiger partial charge in [-0.1, -0.05) is 18.2 Å². The van der Waals surface area contributed by atoms with Crippen LogP contribution in [-0.2, 0) is 11.3 Å². The van der Waals surface area contributed by atoms with Crippen molar-refractivity contribution < 1.29 is 9.15 Å². The summed E-state index contributed by atoms with van der Waals surface area (Å²) in [5.41, 5.74) is 7.12. The Morgan fingerprint density at radius 2 is 2.31 bits per heavy atom. The van der Waals surface area contributed by atoms with Gasteiger partial charge in [0.05, 0.1) is 6.61 Å². The number of nitrogens with one attached hydrogen (secondary N) is 1. The number of hydrogen-bond donors (Lipinski definition) is 2. The molecule has 84 valence electrons. The number of nitrogen functional groups attached to an aromatic ring is 1. The van der Waals surface area contributed by atoms with Gasteiger partial charge in [-0.15, -0.1) is 0 Å². The van der Waals surface area contributed by atoms with E-state index in [4.69, 9.17) is 20.3 Å². The quantitative estimate of drug-likeness (QED) is 0.610. The van der Waals surface area contributed by atoms with Crippen LogP contribution in [0.25, 0.3) is 11.0 Å². The van der Waals surface area contributed by atoms with Crippen molar-refractivity contribution in [1.82, 2.24) is 0 Å². The van der Waals surface area contributed by atoms with Crippen molar-refractivity contribution >= 4 is 16.8 Å². The fourth-order valence-electron chi connectivity index (χ4n) is 1.58. The summed E-state index contributed by atoms with van der Waals surface area (Å²) in [7, 11) is 0. The van der Waals surface area contributed by atoms with Crippen LogP contribution >= 0.6 is 0 Å². The lowest BCUT2D eigenvalue weighted by molar-refractivity contribution is 0.134. The van der Waals surface area contributed by atoms with E-state index in [0.717, 1.165) is 16.5 Å². The minimum Gasteiger partial charge on any atom is -0.452 e. The lowest BCUT2D eigenvalue weighted by Crippen LogP contribution is -2.09. The topological polar surface area (TPSA) is 72.2 Å². The maximum atomic E-state index is 7.33. The van der Waals surface area contributed by atoms with E-state index in [-0.39, 0.29) is 5.84 Å². The zero-order valence-corrected chi connectivity index (χ0v) is 9.12. The Morgan fingerprint density at radius 3 is 3.00 bits per heavy atom. The molecule has 0 bridgehead atoms. The number of ether oxygens (including phenoxy) is 1. The summed E-state index contributed by atoms with van der Waals surface area (Å²) in [6.07, 6.45) is 0. The van der Waals surface area contributed by atoms with Crippen LogP contribution in [0, 0.1) is 5.41 Å². The zero-order valence-electron chi connectivity index (χ0n) is 9.12. The molecular weight excluding hydrogens is 204 g/mol. The van der Waals surface area contributed by atoms with Crippen molar-refractivity contribution in [3.63, 3.8) is 0 Å². The molecule has 0 spiro atoms. The molecule has 0 aliphatic carbocycles. The van der Waals surface area contributed by atoms with Gasteiger partial charge in [0, 0.05) is 17.6 Å². The van der Waals surface area contributed by atoms with E-state index in [1.807, 2.05) is 25.1 Å². The second-order valence-electron chi connectivity index (χ2n) is 3.50. The molecule has 0 amide bonds. The van der Waals surface area contributed by atoms with Gasteiger partial charge in [-0.2, -0.15) is 0 Å². The number of amidine groups is 1. The molecule has 0 unspecified atom stereocenters. The number of furan rings is 1. The molecule has 1 aromatic carbocycles. The third-order valence-electron chi connectivity index (χ3n) is 2.35. The molecule has 0 aliphatic heterocycles. The highest BCUT2D eigenvalue weighted by molar-refractivity contribution is 5.97. The zero-order chi connectivity index (χ0) is 11.5. The highest BCUT2D eigenvalue weighted by Crippen LogP contribution is 2.23. The molecule has 2 rings (SSSR count). The number of fused-ring (bicyclic) bond motifs is 1. The lowest BCUT2D eigenvalue weighted by atomic mass is 10.1. The summed E-state index contributed by atoms with van der Waals surface area (Å²) in [4.78, 5) is 0. The van der Waals surface area contributed by atoms with Gasteiger partial charge >= 0.3 is 0 Å². The molecular formula is C12H14N2O2. The van der Waals surface area contributed by atoms with E-state index in [0.29, 0.717) is 19.0 Å². The summed E-state index contributed by atoms with van der Waals surface area (Å²) in [5.74, 6) is 0.345. The van der Waals surface area contributed by atoms with Crippen LogP contribution in [0.4, 0.5) is 0 Å². The van der Waals surface area contributed by atoms with Crippen molar-refractivity contribution in [3.8, 4) is 0 Å². The normalized spacial score (nSPS) is 10.8. The third-order valence-corrected chi connectivity index (χ3v) is 2.35. The minimum absolute atomic E-state index is 0.0569. The van der Waals surface area contributed by atoms with Crippen LogP contribution < -0.4 is 5.73 Å². The number of para-hydroxylation sites is 1. The molecule has 3 N–H and O–H groups in total. The molecule has 4 heteroatoms. The molecule has 4 nitrogen and oxygen atoms in total. The van der Waals surface area contributed by atoms with Crippen LogP contribution in [0.3, 0.4) is 0 Å². The summed E-state index contributed by atoms with van der Waals surface area (Å²) in [5, 5.41) is 8.28. The van der Waals surface area contributed by atoms with Gasteiger partial charge in [0.1, 0.15) is 5.58 Å². The van der Waals surface area contributed by atoms with Crippen molar-refractivity contribution in [2.45, 2.75) is 13.5 Å². The number of nitrogens with two attached hydrogens (primary N) is 1. The lowest BCUT2D eigenvalue weighted by Gasteiger charge is -2.01. The Hall–Kier alpha value is -1.81. The molecule has 0 fully saturated rings. The van der Waals surface area contributed by atoms with Crippen molar-refractivity contribution in [1.29, 1.82) is 5.41 Å². The number of benzene rings is 1. The summed E-state index contributed by atoms with van der Waals surface area (Å²) >= 11 is 0. The first-order valence-electron chi connectivity index (χ1n) is 5.16. The van der Waals surface area contributed by atoms with Gasteiger partial charge < -0.3 is 14.9 Å². The van der Waals surface area contributed by atoms with E-state index < -0.39 is 0 Å². The first kappa shape index (κ1) is 10.7. The van der Waals surface area contributed by atoms with E-state index in [2.05, 4.69) is 0 Å². The Bertz CT molecular complexity index is 517. The molecule has 0 saturated carbocycles. The predicted octanol–water partition coefficient (Wildman–Crippen LogP) is 2.25. The molecule has 0 saturated heterocycles. The maximum Gasteiger partial charge on any atom is 0.169 e. The summed E-state index contributed by atoms with van der Waals surface area (Å²) in [6.45, 7) is 3.12. The number of rotatable bonds is 4. The fourth-order valence-corrected chi connectivity index (χ4v) is 1.58. The molecule has 1 heterocycles. The van der Waals surface area contributed by atoms with Gasteiger partial charge in [0.25, 0.3) is 0 Å². The predicted molar refractivity (Wildman–Crippen MR) is 62.6 cm³/mol. The molecule has 0 aliphatic rings. The van der Waals surface area contributed by atoms with Crippen LogP contribution in [0.5, 0.6) is 0 Å². The SMILES string of the molecule is CCOCc1cccc2cc(C(=N)N)oc12. The average Bonchev–Trinajstić information content (AvgIpc) is 2.70. The van der Waals surface area contributed by atoms with Gasteiger partial charge in [-0.3, -0.25) is 5.41 Å². The standard InChI is InChI=1S/C12H14N2O2/c1-2-15-7-9-5-3-4-8-6-10(12(13)14)16-11(8)9/h3-6H,2,7H2,1H3,(H3,13,14). The van der Waals surface area contributed by atoms with E-state index in [1.165, 1.54) is 0 Å². The summed E-state index contributed by atoms with van der Waals surface area (Å²) in [6, 6.07) is 7.59. The van der Waals surface area contributed by atoms with Crippen LogP contribution in [0.15, 0.2) is 28.7 Å². The first-order chi connectivity index (χ1) is 7.72. The molecule has 0 atom stereocenters. The smallest absolute Gasteiger partial charge is 0.169 e. The monoisotopic (exact) mass is 218 g/mol. The van der Waals surface area contributed by atoms with E-state index in [9.17, 15) is 0 Å². The third kappa shape index (κ3) is 1.92. The fraction of sp³-hybridized carbons (Fsp3) is 0.250. The van der Waals surface area contributed by atoms with E-state index in [1.54, 1.807) is 6.07 Å².